The average molecular weight is 606 g/mol. The molecule has 1 aromatic heterocycles. The number of hydrogen-bond donors (Lipinski definition) is 0. The summed E-state index contributed by atoms with van der Waals surface area (Å²) < 4.78 is 48.4. The molecule has 0 N–H and O–H groups in total. The van der Waals surface area contributed by atoms with Crippen molar-refractivity contribution in [1.82, 2.24) is 9.97 Å². The molecule has 0 fully saturated rings. The molecule has 1 heterocycles. The number of halogens is 2. The van der Waals surface area contributed by atoms with Crippen molar-refractivity contribution < 1.29 is 21.6 Å². The second-order valence-corrected chi connectivity index (χ2v) is 15.6. The van der Waals surface area contributed by atoms with Crippen LogP contribution in [-0.4, -0.2) is 42.5 Å². The maximum atomic E-state index is 12.7. The second-order valence-electron chi connectivity index (χ2n) is 9.24. The van der Waals surface area contributed by atoms with Gasteiger partial charge >= 0.3 is 0 Å². The average Bonchev–Trinajstić information content (AvgIpc) is 2.90. The molecule has 2 unspecified atom stereocenters. The van der Waals surface area contributed by atoms with Crippen LogP contribution in [0.5, 0.6) is 0 Å². The van der Waals surface area contributed by atoms with Crippen molar-refractivity contribution in [2.45, 2.75) is 52.8 Å². The highest BCUT2D eigenvalue weighted by molar-refractivity contribution is 7.93. The molecule has 0 aliphatic heterocycles. The molecule has 0 spiro atoms. The van der Waals surface area contributed by atoms with Gasteiger partial charge in [-0.05, 0) is 91.8 Å². The Hall–Kier alpha value is -2.85. The number of alkyl halides is 2. The maximum Gasteiger partial charge on any atom is 0.194 e. The van der Waals surface area contributed by atoms with Crippen LogP contribution in [0.25, 0.3) is 10.9 Å². The Labute approximate surface area is 238 Å². The highest BCUT2D eigenvalue weighted by atomic mass is 35.5. The van der Waals surface area contributed by atoms with Crippen LogP contribution >= 0.6 is 23.2 Å². The molecule has 0 aliphatic carbocycles. The molecule has 39 heavy (non-hydrogen) atoms. The lowest BCUT2D eigenvalue weighted by Crippen LogP contribution is -2.12. The third-order valence-corrected chi connectivity index (χ3v) is 11.6. The standard InChI is InChI=1S/C28H26Cl2N2O5S2/c1-17-22(10-20-6-4-8-23(11-20)38(34,35)18(2)29)14-26-27(15-33)31-16-32-28(26)25(17)13-21-7-5-9-24(12-21)39(36,37)19(3)30/h4-9,11-12,14-16,18-19H,10,13H2,1-3H3. The van der Waals surface area contributed by atoms with Crippen molar-refractivity contribution in [1.29, 1.82) is 0 Å². The Bertz CT molecular complexity index is 1790. The van der Waals surface area contributed by atoms with Gasteiger partial charge in [-0.1, -0.05) is 24.3 Å². The molecule has 0 radical (unpaired) electrons. The summed E-state index contributed by atoms with van der Waals surface area (Å²) in [4.78, 5) is 20.7. The Balaban J connectivity index is 1.85. The molecule has 11 heteroatoms. The monoisotopic (exact) mass is 604 g/mol. The van der Waals surface area contributed by atoms with Crippen LogP contribution < -0.4 is 0 Å². The summed E-state index contributed by atoms with van der Waals surface area (Å²) in [5.74, 6) is 0. The fourth-order valence-electron chi connectivity index (χ4n) is 4.40. The summed E-state index contributed by atoms with van der Waals surface area (Å²) in [7, 11) is -7.37. The first-order valence-corrected chi connectivity index (χ1v) is 16.0. The van der Waals surface area contributed by atoms with Crippen LogP contribution in [0.4, 0.5) is 0 Å². The molecule has 2 atom stereocenters. The zero-order valence-corrected chi connectivity index (χ0v) is 24.6. The van der Waals surface area contributed by atoms with Crippen LogP contribution in [0.15, 0.2) is 70.7 Å². The van der Waals surface area contributed by atoms with E-state index in [0.717, 1.165) is 27.8 Å². The van der Waals surface area contributed by atoms with Crippen LogP contribution in [0.2, 0.25) is 0 Å². The van der Waals surface area contributed by atoms with Crippen molar-refractivity contribution in [3.8, 4) is 0 Å². The number of hydrogen-bond acceptors (Lipinski definition) is 7. The minimum absolute atomic E-state index is 0.121. The molecule has 0 saturated heterocycles. The summed E-state index contributed by atoms with van der Waals surface area (Å²) >= 11 is 11.8. The number of carbonyl (C=O) groups is 1. The highest BCUT2D eigenvalue weighted by Crippen LogP contribution is 2.31. The first-order chi connectivity index (χ1) is 18.4. The van der Waals surface area contributed by atoms with Crippen LogP contribution in [0, 0.1) is 6.92 Å². The van der Waals surface area contributed by atoms with Crippen LogP contribution in [0.3, 0.4) is 0 Å². The molecule has 204 valence electrons. The summed E-state index contributed by atoms with van der Waals surface area (Å²) in [6, 6.07) is 15.0. The van der Waals surface area contributed by atoms with E-state index in [-0.39, 0.29) is 15.5 Å². The van der Waals surface area contributed by atoms with Gasteiger partial charge in [0.25, 0.3) is 0 Å². The molecule has 7 nitrogen and oxygen atoms in total. The summed E-state index contributed by atoms with van der Waals surface area (Å²) in [6.45, 7) is 4.75. The quantitative estimate of drug-likeness (QED) is 0.179. The van der Waals surface area contributed by atoms with Crippen molar-refractivity contribution in [2.24, 2.45) is 0 Å². The number of carbonyl (C=O) groups excluding carboxylic acids is 1. The maximum absolute atomic E-state index is 12.7. The van der Waals surface area contributed by atoms with Gasteiger partial charge < -0.3 is 0 Å². The number of sulfone groups is 2. The fraction of sp³-hybridized carbons (Fsp3) is 0.250. The lowest BCUT2D eigenvalue weighted by Gasteiger charge is -2.17. The normalized spacial score (nSPS) is 13.8. The predicted octanol–water partition coefficient (Wildman–Crippen LogP) is 5.65. The number of aldehydes is 1. The van der Waals surface area contributed by atoms with Gasteiger partial charge in [-0.3, -0.25) is 4.79 Å². The molecule has 0 aliphatic rings. The van der Waals surface area contributed by atoms with Crippen LogP contribution in [0.1, 0.15) is 52.2 Å². The number of fused-ring (bicyclic) bond motifs is 1. The third-order valence-electron chi connectivity index (χ3n) is 6.65. The fourth-order valence-corrected chi connectivity index (χ4v) is 6.94. The van der Waals surface area contributed by atoms with E-state index in [4.69, 9.17) is 23.2 Å². The lowest BCUT2D eigenvalue weighted by atomic mass is 9.90. The van der Waals surface area contributed by atoms with E-state index in [0.29, 0.717) is 30.0 Å². The Kier molecular flexibility index (Phi) is 8.47. The third kappa shape index (κ3) is 5.87. The van der Waals surface area contributed by atoms with Crippen molar-refractivity contribution in [3.63, 3.8) is 0 Å². The molecule has 0 saturated carbocycles. The van der Waals surface area contributed by atoms with Gasteiger partial charge in [0.15, 0.2) is 26.0 Å². The topological polar surface area (TPSA) is 111 Å². The molecular formula is C28H26Cl2N2O5S2. The van der Waals surface area contributed by atoms with Crippen molar-refractivity contribution in [3.05, 3.63) is 94.4 Å². The van der Waals surface area contributed by atoms with E-state index in [1.807, 2.05) is 25.1 Å². The van der Waals surface area contributed by atoms with Gasteiger partial charge in [0.2, 0.25) is 0 Å². The van der Waals surface area contributed by atoms with E-state index in [2.05, 4.69) is 9.97 Å². The second kappa shape index (κ2) is 11.3. The Morgan fingerprint density at radius 2 is 1.36 bits per heavy atom. The Morgan fingerprint density at radius 3 is 1.87 bits per heavy atom. The van der Waals surface area contributed by atoms with E-state index in [9.17, 15) is 21.6 Å². The molecular weight excluding hydrogens is 579 g/mol. The minimum atomic E-state index is -3.69. The number of aromatic nitrogens is 2. The summed E-state index contributed by atoms with van der Waals surface area (Å²) in [5.41, 5.74) is 4.82. The summed E-state index contributed by atoms with van der Waals surface area (Å²) in [5, 5.41) is 0.555. The smallest absolute Gasteiger partial charge is 0.194 e. The molecule has 0 amide bonds. The van der Waals surface area contributed by atoms with Gasteiger partial charge in [-0.15, -0.1) is 23.2 Å². The van der Waals surface area contributed by atoms with Crippen molar-refractivity contribution >= 4 is 60.1 Å². The Morgan fingerprint density at radius 1 is 0.821 bits per heavy atom. The van der Waals surface area contributed by atoms with E-state index in [1.54, 1.807) is 24.3 Å². The minimum Gasteiger partial charge on any atom is -0.296 e. The van der Waals surface area contributed by atoms with Gasteiger partial charge in [0.05, 0.1) is 15.3 Å². The molecule has 0 bridgehead atoms. The predicted molar refractivity (Wildman–Crippen MR) is 153 cm³/mol. The van der Waals surface area contributed by atoms with E-state index < -0.39 is 29.1 Å². The zero-order chi connectivity index (χ0) is 28.5. The molecule has 3 aromatic carbocycles. The SMILES string of the molecule is Cc1c(Cc2cccc(S(=O)(=O)C(C)Cl)c2)cc2c(C=O)ncnc2c1Cc1cccc(S(=O)(=O)C(C)Cl)c1. The van der Waals surface area contributed by atoms with E-state index in [1.165, 1.54) is 32.3 Å². The molecule has 4 aromatic rings. The van der Waals surface area contributed by atoms with Crippen LogP contribution in [-0.2, 0) is 32.5 Å². The van der Waals surface area contributed by atoms with Gasteiger partial charge in [0, 0.05) is 5.39 Å². The first kappa shape index (κ1) is 29.1. The number of nitrogens with zero attached hydrogens (tertiary/aromatic N) is 2. The number of benzene rings is 3. The van der Waals surface area contributed by atoms with Crippen molar-refractivity contribution in [2.75, 3.05) is 0 Å². The molecule has 4 rings (SSSR count). The largest absolute Gasteiger partial charge is 0.296 e. The zero-order valence-electron chi connectivity index (χ0n) is 21.4. The van der Waals surface area contributed by atoms with E-state index >= 15 is 0 Å². The van der Waals surface area contributed by atoms with Gasteiger partial charge in [-0.2, -0.15) is 0 Å². The first-order valence-electron chi connectivity index (χ1n) is 12.0. The van der Waals surface area contributed by atoms with Gasteiger partial charge in [0.1, 0.15) is 21.4 Å². The highest BCUT2D eigenvalue weighted by Gasteiger charge is 2.23. The van der Waals surface area contributed by atoms with Gasteiger partial charge in [-0.25, -0.2) is 26.8 Å². The summed E-state index contributed by atoms with van der Waals surface area (Å²) in [6.07, 6.45) is 2.70. The number of rotatable bonds is 9. The lowest BCUT2D eigenvalue weighted by molar-refractivity contribution is 0.112.